The summed E-state index contributed by atoms with van der Waals surface area (Å²) in [5.41, 5.74) is -0.315. The van der Waals surface area contributed by atoms with Gasteiger partial charge in [-0.15, -0.1) is 0 Å². The van der Waals surface area contributed by atoms with Crippen molar-refractivity contribution >= 4 is 34.2 Å². The minimum Gasteiger partial charge on any atom is -0.474 e. The second kappa shape index (κ2) is 6.67. The number of halogens is 4. The molecule has 0 radical (unpaired) electrons. The van der Waals surface area contributed by atoms with E-state index in [1.54, 1.807) is 26.0 Å². The van der Waals surface area contributed by atoms with Crippen LogP contribution in [-0.2, 0) is 6.18 Å². The normalized spacial score (nSPS) is 11.6. The lowest BCUT2D eigenvalue weighted by atomic mass is 10.3. The Labute approximate surface area is 139 Å². The number of nitrogens with one attached hydrogen (secondary N) is 1. The van der Waals surface area contributed by atoms with Crippen LogP contribution >= 0.6 is 22.6 Å². The molecule has 0 aliphatic carbocycles. The Morgan fingerprint density at radius 2 is 1.82 bits per heavy atom. The van der Waals surface area contributed by atoms with Gasteiger partial charge in [0, 0.05) is 15.5 Å². The standard InChI is InChI=1S/C14H13F3IN3O/c1-8(2)22-12-11(14(15,16)17)7-19-13(21-12)20-10-5-3-9(18)4-6-10/h3-8H,1-2H3,(H,19,20,21). The predicted octanol–water partition coefficient (Wildman–Crippen LogP) is 4.63. The molecule has 0 aliphatic rings. The van der Waals surface area contributed by atoms with Crippen molar-refractivity contribution in [2.24, 2.45) is 0 Å². The average molecular weight is 423 g/mol. The number of hydrogen-bond donors (Lipinski definition) is 1. The van der Waals surface area contributed by atoms with Crippen LogP contribution in [0.2, 0.25) is 0 Å². The van der Waals surface area contributed by atoms with Crippen LogP contribution in [0.4, 0.5) is 24.8 Å². The maximum Gasteiger partial charge on any atom is 0.423 e. The van der Waals surface area contributed by atoms with Crippen LogP contribution in [0, 0.1) is 3.57 Å². The quantitative estimate of drug-likeness (QED) is 0.729. The first-order valence-electron chi connectivity index (χ1n) is 6.39. The molecule has 118 valence electrons. The molecule has 0 atom stereocenters. The zero-order valence-corrected chi connectivity index (χ0v) is 13.9. The van der Waals surface area contributed by atoms with E-state index < -0.39 is 23.7 Å². The molecular formula is C14H13F3IN3O. The molecule has 0 spiro atoms. The van der Waals surface area contributed by atoms with E-state index in [9.17, 15) is 13.2 Å². The maximum atomic E-state index is 12.9. The summed E-state index contributed by atoms with van der Waals surface area (Å²) in [6.07, 6.45) is -4.27. The molecule has 0 aliphatic heterocycles. The van der Waals surface area contributed by atoms with Crippen molar-refractivity contribution in [3.8, 4) is 5.88 Å². The molecule has 1 aromatic heterocycles. The van der Waals surface area contributed by atoms with E-state index in [-0.39, 0.29) is 5.95 Å². The third-order valence-electron chi connectivity index (χ3n) is 2.51. The van der Waals surface area contributed by atoms with E-state index in [0.29, 0.717) is 5.69 Å². The number of aromatic nitrogens is 2. The van der Waals surface area contributed by atoms with Gasteiger partial charge in [0.05, 0.1) is 6.10 Å². The lowest BCUT2D eigenvalue weighted by Crippen LogP contribution is -2.15. The fourth-order valence-corrected chi connectivity index (χ4v) is 1.96. The van der Waals surface area contributed by atoms with Crippen LogP contribution in [0.5, 0.6) is 5.88 Å². The molecule has 0 amide bonds. The number of hydrogen-bond acceptors (Lipinski definition) is 4. The fourth-order valence-electron chi connectivity index (χ4n) is 1.60. The Kier molecular flexibility index (Phi) is 5.09. The third kappa shape index (κ3) is 4.46. The average Bonchev–Trinajstić information content (AvgIpc) is 2.39. The van der Waals surface area contributed by atoms with Gasteiger partial charge >= 0.3 is 6.18 Å². The molecule has 8 heteroatoms. The zero-order valence-electron chi connectivity index (χ0n) is 11.8. The van der Waals surface area contributed by atoms with Crippen molar-refractivity contribution < 1.29 is 17.9 Å². The van der Waals surface area contributed by atoms with Crippen molar-refractivity contribution in [2.45, 2.75) is 26.1 Å². The molecule has 22 heavy (non-hydrogen) atoms. The van der Waals surface area contributed by atoms with Gasteiger partial charge in [-0.25, -0.2) is 4.98 Å². The molecule has 2 rings (SSSR count). The molecule has 0 unspecified atom stereocenters. The Hall–Kier alpha value is -1.58. The van der Waals surface area contributed by atoms with Crippen LogP contribution < -0.4 is 10.1 Å². The summed E-state index contributed by atoms with van der Waals surface area (Å²) in [7, 11) is 0. The Balaban J connectivity index is 2.31. The van der Waals surface area contributed by atoms with E-state index in [2.05, 4.69) is 37.9 Å². The van der Waals surface area contributed by atoms with Crippen LogP contribution in [0.1, 0.15) is 19.4 Å². The summed E-state index contributed by atoms with van der Waals surface area (Å²) in [6, 6.07) is 7.29. The van der Waals surface area contributed by atoms with Gasteiger partial charge in [-0.1, -0.05) is 0 Å². The smallest absolute Gasteiger partial charge is 0.423 e. The highest BCUT2D eigenvalue weighted by Gasteiger charge is 2.36. The minimum atomic E-state index is -4.56. The second-order valence-corrected chi connectivity index (χ2v) is 5.95. The largest absolute Gasteiger partial charge is 0.474 e. The lowest BCUT2D eigenvalue weighted by molar-refractivity contribution is -0.139. The highest BCUT2D eigenvalue weighted by Crippen LogP contribution is 2.35. The summed E-state index contributed by atoms with van der Waals surface area (Å²) in [6.45, 7) is 3.27. The van der Waals surface area contributed by atoms with Gasteiger partial charge in [-0.3, -0.25) is 0 Å². The molecule has 2 aromatic rings. The van der Waals surface area contributed by atoms with Gasteiger partial charge in [-0.05, 0) is 60.7 Å². The van der Waals surface area contributed by atoms with Gasteiger partial charge < -0.3 is 10.1 Å². The first-order valence-corrected chi connectivity index (χ1v) is 7.47. The monoisotopic (exact) mass is 423 g/mol. The van der Waals surface area contributed by atoms with Crippen molar-refractivity contribution in [3.05, 3.63) is 39.6 Å². The van der Waals surface area contributed by atoms with Crippen LogP contribution in [0.15, 0.2) is 30.5 Å². The zero-order chi connectivity index (χ0) is 16.3. The summed E-state index contributed by atoms with van der Waals surface area (Å²) >= 11 is 2.15. The molecular weight excluding hydrogens is 410 g/mol. The number of anilines is 2. The molecule has 1 heterocycles. The number of benzene rings is 1. The molecule has 0 saturated heterocycles. The highest BCUT2D eigenvalue weighted by molar-refractivity contribution is 14.1. The predicted molar refractivity (Wildman–Crippen MR) is 85.2 cm³/mol. The number of nitrogens with zero attached hydrogens (tertiary/aromatic N) is 2. The molecule has 0 bridgehead atoms. The maximum absolute atomic E-state index is 12.9. The van der Waals surface area contributed by atoms with Crippen molar-refractivity contribution in [1.29, 1.82) is 0 Å². The number of alkyl halides is 3. The van der Waals surface area contributed by atoms with E-state index in [4.69, 9.17) is 4.74 Å². The minimum absolute atomic E-state index is 0.0462. The van der Waals surface area contributed by atoms with Crippen LogP contribution in [-0.4, -0.2) is 16.1 Å². The summed E-state index contributed by atoms with van der Waals surface area (Å²) < 4.78 is 45.0. The Morgan fingerprint density at radius 3 is 2.36 bits per heavy atom. The van der Waals surface area contributed by atoms with Crippen molar-refractivity contribution in [3.63, 3.8) is 0 Å². The highest BCUT2D eigenvalue weighted by atomic mass is 127. The summed E-state index contributed by atoms with van der Waals surface area (Å²) in [4.78, 5) is 7.54. The fraction of sp³-hybridized carbons (Fsp3) is 0.286. The van der Waals surface area contributed by atoms with Gasteiger partial charge in [-0.2, -0.15) is 18.2 Å². The van der Waals surface area contributed by atoms with E-state index in [1.165, 1.54) is 0 Å². The molecule has 0 fully saturated rings. The molecule has 4 nitrogen and oxygen atoms in total. The lowest BCUT2D eigenvalue weighted by Gasteiger charge is -2.15. The molecule has 1 aromatic carbocycles. The van der Waals surface area contributed by atoms with Gasteiger partial charge in [0.1, 0.15) is 5.56 Å². The van der Waals surface area contributed by atoms with Gasteiger partial charge in [0.2, 0.25) is 11.8 Å². The third-order valence-corrected chi connectivity index (χ3v) is 3.23. The number of rotatable bonds is 4. The second-order valence-electron chi connectivity index (χ2n) is 4.71. The Morgan fingerprint density at radius 1 is 1.18 bits per heavy atom. The Bertz CT molecular complexity index is 645. The van der Waals surface area contributed by atoms with Crippen molar-refractivity contribution in [2.75, 3.05) is 5.32 Å². The number of ether oxygens (including phenoxy) is 1. The van der Waals surface area contributed by atoms with Crippen molar-refractivity contribution in [1.82, 2.24) is 9.97 Å². The van der Waals surface area contributed by atoms with Crippen LogP contribution in [0.25, 0.3) is 0 Å². The molecule has 0 saturated carbocycles. The van der Waals surface area contributed by atoms with E-state index >= 15 is 0 Å². The summed E-state index contributed by atoms with van der Waals surface area (Å²) in [5, 5.41) is 2.85. The first kappa shape index (κ1) is 16.8. The topological polar surface area (TPSA) is 47.0 Å². The van der Waals surface area contributed by atoms with Gasteiger partial charge in [0.25, 0.3) is 0 Å². The van der Waals surface area contributed by atoms with E-state index in [0.717, 1.165) is 9.77 Å². The first-order chi connectivity index (χ1) is 10.3. The summed E-state index contributed by atoms with van der Waals surface area (Å²) in [5.74, 6) is -0.435. The molecule has 1 N–H and O–H groups in total. The SMILES string of the molecule is CC(C)Oc1nc(Nc2ccc(I)cc2)ncc1C(F)(F)F. The van der Waals surface area contributed by atoms with Gasteiger partial charge in [0.15, 0.2) is 0 Å². The van der Waals surface area contributed by atoms with E-state index in [1.807, 2.05) is 12.1 Å². The van der Waals surface area contributed by atoms with Crippen LogP contribution in [0.3, 0.4) is 0 Å².